The van der Waals surface area contributed by atoms with Crippen LogP contribution in [0.15, 0.2) is 48.5 Å². The van der Waals surface area contributed by atoms with Crippen LogP contribution in [0.1, 0.15) is 18.4 Å². The molecule has 0 N–H and O–H groups in total. The number of hydrogen-bond acceptors (Lipinski definition) is 4. The first-order chi connectivity index (χ1) is 12.0. The molecule has 1 fully saturated rings. The molecule has 1 amide bonds. The molecule has 1 aliphatic carbocycles. The van der Waals surface area contributed by atoms with E-state index in [0.29, 0.717) is 6.54 Å². The van der Waals surface area contributed by atoms with Gasteiger partial charge in [-0.3, -0.25) is 14.9 Å². The molecule has 2 aromatic carbocycles. The standard InChI is InChI=1S/C18H17FN2O4/c19-14-6-4-13(5-7-14)11-20(15-8-9-15)18(22)12-25-17-3-1-2-16(10-17)21(23)24/h1-7,10,15H,8-9,11-12H2. The quantitative estimate of drug-likeness (QED) is 0.571. The molecule has 0 saturated heterocycles. The van der Waals surface area contributed by atoms with Gasteiger partial charge in [0.25, 0.3) is 11.6 Å². The first kappa shape index (κ1) is 16.9. The Morgan fingerprint density at radius 2 is 1.96 bits per heavy atom. The predicted molar refractivity (Wildman–Crippen MR) is 88.6 cm³/mol. The van der Waals surface area contributed by atoms with E-state index in [1.807, 2.05) is 0 Å². The molecule has 0 atom stereocenters. The molecule has 1 aliphatic rings. The molecule has 7 heteroatoms. The Balaban J connectivity index is 1.62. The number of halogens is 1. The van der Waals surface area contributed by atoms with Crippen molar-refractivity contribution >= 4 is 11.6 Å². The molecule has 25 heavy (non-hydrogen) atoms. The van der Waals surface area contributed by atoms with Gasteiger partial charge in [0.15, 0.2) is 6.61 Å². The van der Waals surface area contributed by atoms with Gasteiger partial charge >= 0.3 is 0 Å². The highest BCUT2D eigenvalue weighted by Gasteiger charge is 2.32. The highest BCUT2D eigenvalue weighted by molar-refractivity contribution is 5.78. The predicted octanol–water partition coefficient (Wildman–Crippen LogP) is 3.30. The first-order valence-electron chi connectivity index (χ1n) is 7.94. The minimum absolute atomic E-state index is 0.0877. The zero-order valence-electron chi connectivity index (χ0n) is 13.4. The summed E-state index contributed by atoms with van der Waals surface area (Å²) in [5.41, 5.74) is 0.757. The number of rotatable bonds is 7. The van der Waals surface area contributed by atoms with Crippen molar-refractivity contribution in [3.8, 4) is 5.75 Å². The largest absolute Gasteiger partial charge is 0.484 e. The van der Waals surface area contributed by atoms with Gasteiger partial charge in [-0.25, -0.2) is 4.39 Å². The molecule has 0 heterocycles. The fraction of sp³-hybridized carbons (Fsp3) is 0.278. The van der Waals surface area contributed by atoms with Crippen LogP contribution in [0.2, 0.25) is 0 Å². The highest BCUT2D eigenvalue weighted by atomic mass is 19.1. The molecule has 0 aliphatic heterocycles. The van der Waals surface area contributed by atoms with E-state index < -0.39 is 4.92 Å². The Kier molecular flexibility index (Phi) is 4.92. The molecule has 0 bridgehead atoms. The molecule has 0 aromatic heterocycles. The topological polar surface area (TPSA) is 72.7 Å². The van der Waals surface area contributed by atoms with Gasteiger partial charge in [0, 0.05) is 18.7 Å². The summed E-state index contributed by atoms with van der Waals surface area (Å²) in [7, 11) is 0. The van der Waals surface area contributed by atoms with Crippen molar-refractivity contribution in [3.63, 3.8) is 0 Å². The number of nitrogens with zero attached hydrogens (tertiary/aromatic N) is 2. The van der Waals surface area contributed by atoms with E-state index in [9.17, 15) is 19.3 Å². The van der Waals surface area contributed by atoms with Gasteiger partial charge in [-0.1, -0.05) is 18.2 Å². The van der Waals surface area contributed by atoms with Crippen LogP contribution < -0.4 is 4.74 Å². The minimum Gasteiger partial charge on any atom is -0.484 e. The SMILES string of the molecule is O=C(COc1cccc([N+](=O)[O-])c1)N(Cc1ccc(F)cc1)C1CC1. The smallest absolute Gasteiger partial charge is 0.273 e. The molecule has 130 valence electrons. The lowest BCUT2D eigenvalue weighted by molar-refractivity contribution is -0.384. The summed E-state index contributed by atoms with van der Waals surface area (Å²) in [6, 6.07) is 11.9. The van der Waals surface area contributed by atoms with Crippen molar-refractivity contribution in [2.24, 2.45) is 0 Å². The van der Waals surface area contributed by atoms with Crippen LogP contribution in [0.5, 0.6) is 5.75 Å². The van der Waals surface area contributed by atoms with E-state index in [0.717, 1.165) is 18.4 Å². The minimum atomic E-state index is -0.514. The molecular formula is C18H17FN2O4. The van der Waals surface area contributed by atoms with Crippen LogP contribution >= 0.6 is 0 Å². The second-order valence-electron chi connectivity index (χ2n) is 5.92. The number of ether oxygens (including phenoxy) is 1. The van der Waals surface area contributed by atoms with E-state index in [4.69, 9.17) is 4.74 Å². The van der Waals surface area contributed by atoms with Crippen molar-refractivity contribution in [3.05, 3.63) is 70.0 Å². The number of carbonyl (C=O) groups is 1. The molecule has 1 saturated carbocycles. The van der Waals surface area contributed by atoms with Gasteiger partial charge in [0.05, 0.1) is 11.0 Å². The number of carbonyl (C=O) groups excluding carboxylic acids is 1. The molecule has 2 aromatic rings. The second-order valence-corrected chi connectivity index (χ2v) is 5.92. The van der Waals surface area contributed by atoms with Crippen molar-refractivity contribution < 1.29 is 18.8 Å². The third-order valence-corrected chi connectivity index (χ3v) is 3.96. The van der Waals surface area contributed by atoms with Gasteiger partial charge in [0.1, 0.15) is 11.6 Å². The van der Waals surface area contributed by atoms with Crippen molar-refractivity contribution in [1.82, 2.24) is 4.90 Å². The summed E-state index contributed by atoms with van der Waals surface area (Å²) in [5.74, 6) is -0.236. The average molecular weight is 344 g/mol. The van der Waals surface area contributed by atoms with Crippen LogP contribution in [-0.4, -0.2) is 28.4 Å². The summed E-state index contributed by atoms with van der Waals surface area (Å²) >= 11 is 0. The van der Waals surface area contributed by atoms with Gasteiger partial charge in [-0.2, -0.15) is 0 Å². The highest BCUT2D eigenvalue weighted by Crippen LogP contribution is 2.29. The Bertz CT molecular complexity index is 775. The Labute approximate surface area is 144 Å². The van der Waals surface area contributed by atoms with E-state index in [-0.39, 0.29) is 35.8 Å². The van der Waals surface area contributed by atoms with Gasteiger partial charge in [-0.05, 0) is 36.6 Å². The molecule has 6 nitrogen and oxygen atoms in total. The Morgan fingerprint density at radius 3 is 2.60 bits per heavy atom. The number of hydrogen-bond donors (Lipinski definition) is 0. The lowest BCUT2D eigenvalue weighted by Crippen LogP contribution is -2.36. The maximum absolute atomic E-state index is 13.0. The number of nitro groups is 1. The maximum atomic E-state index is 13.0. The van der Waals surface area contributed by atoms with Crippen molar-refractivity contribution in [2.45, 2.75) is 25.4 Å². The number of nitro benzene ring substituents is 1. The van der Waals surface area contributed by atoms with Gasteiger partial charge in [0.2, 0.25) is 0 Å². The third-order valence-electron chi connectivity index (χ3n) is 3.96. The van der Waals surface area contributed by atoms with E-state index in [2.05, 4.69) is 0 Å². The monoisotopic (exact) mass is 344 g/mol. The maximum Gasteiger partial charge on any atom is 0.273 e. The summed E-state index contributed by atoms with van der Waals surface area (Å²) in [6.07, 6.45) is 1.87. The summed E-state index contributed by atoms with van der Waals surface area (Å²) in [5, 5.41) is 10.8. The molecule has 0 unspecified atom stereocenters. The van der Waals surface area contributed by atoms with Crippen LogP contribution in [0.4, 0.5) is 10.1 Å². The van der Waals surface area contributed by atoms with Crippen LogP contribution in [0.25, 0.3) is 0 Å². The van der Waals surface area contributed by atoms with Crippen LogP contribution in [-0.2, 0) is 11.3 Å². The van der Waals surface area contributed by atoms with E-state index in [1.54, 1.807) is 23.1 Å². The third kappa shape index (κ3) is 4.53. The number of non-ortho nitro benzene ring substituents is 1. The normalized spacial score (nSPS) is 13.3. The van der Waals surface area contributed by atoms with Crippen LogP contribution in [0, 0.1) is 15.9 Å². The number of benzene rings is 2. The van der Waals surface area contributed by atoms with E-state index in [1.165, 1.54) is 30.3 Å². The fourth-order valence-corrected chi connectivity index (χ4v) is 2.51. The summed E-state index contributed by atoms with van der Waals surface area (Å²) in [4.78, 5) is 24.5. The average Bonchev–Trinajstić information content (AvgIpc) is 3.44. The van der Waals surface area contributed by atoms with Gasteiger partial charge < -0.3 is 9.64 Å². The van der Waals surface area contributed by atoms with Crippen LogP contribution in [0.3, 0.4) is 0 Å². The molecule has 3 rings (SSSR count). The lowest BCUT2D eigenvalue weighted by Gasteiger charge is -2.22. The van der Waals surface area contributed by atoms with Crippen molar-refractivity contribution in [1.29, 1.82) is 0 Å². The Morgan fingerprint density at radius 1 is 1.24 bits per heavy atom. The summed E-state index contributed by atoms with van der Waals surface area (Å²) in [6.45, 7) is 0.195. The van der Waals surface area contributed by atoms with E-state index >= 15 is 0 Å². The Hall–Kier alpha value is -2.96. The fourth-order valence-electron chi connectivity index (χ4n) is 2.51. The van der Waals surface area contributed by atoms with Crippen molar-refractivity contribution in [2.75, 3.05) is 6.61 Å². The number of amides is 1. The molecule has 0 radical (unpaired) electrons. The summed E-state index contributed by atoms with van der Waals surface area (Å²) < 4.78 is 18.4. The zero-order chi connectivity index (χ0) is 17.8. The molecule has 0 spiro atoms. The van der Waals surface area contributed by atoms with Gasteiger partial charge in [-0.15, -0.1) is 0 Å². The first-order valence-corrected chi connectivity index (χ1v) is 7.94. The zero-order valence-corrected chi connectivity index (χ0v) is 13.4. The second kappa shape index (κ2) is 7.29. The lowest BCUT2D eigenvalue weighted by atomic mass is 10.2. The molecular weight excluding hydrogens is 327 g/mol.